The van der Waals surface area contributed by atoms with E-state index < -0.39 is 15.6 Å². The van der Waals surface area contributed by atoms with Gasteiger partial charge in [-0.15, -0.1) is 0 Å². The molecule has 0 amide bonds. The van der Waals surface area contributed by atoms with Gasteiger partial charge in [0.25, 0.3) is 0 Å². The first-order valence-corrected chi connectivity index (χ1v) is 10.5. The molecule has 1 atom stereocenters. The summed E-state index contributed by atoms with van der Waals surface area (Å²) in [6.45, 7) is 9.51. The van der Waals surface area contributed by atoms with Crippen LogP contribution in [-0.4, -0.2) is 21.1 Å². The van der Waals surface area contributed by atoms with Crippen molar-refractivity contribution in [2.24, 2.45) is 0 Å². The summed E-state index contributed by atoms with van der Waals surface area (Å²) >= 11 is 0. The SMILES string of the molecule is COc1cc(C)c(S(=O)(=O)N[C@@H]2CC(C)(C)Oc3ccc(C)cc32)c(C)c1. The lowest BCUT2D eigenvalue weighted by molar-refractivity contribution is 0.0701. The molecule has 0 bridgehead atoms. The molecule has 0 fully saturated rings. The van der Waals surface area contributed by atoms with E-state index >= 15 is 0 Å². The van der Waals surface area contributed by atoms with Crippen molar-refractivity contribution in [2.75, 3.05) is 7.11 Å². The Hall–Kier alpha value is -2.05. The summed E-state index contributed by atoms with van der Waals surface area (Å²) in [7, 11) is -2.14. The molecule has 5 nitrogen and oxygen atoms in total. The minimum atomic E-state index is -3.71. The molecule has 0 saturated carbocycles. The number of ether oxygens (including phenoxy) is 2. The molecule has 146 valence electrons. The third-order valence-electron chi connectivity index (χ3n) is 4.86. The molecule has 0 unspecified atom stereocenters. The molecule has 3 rings (SSSR count). The largest absolute Gasteiger partial charge is 0.497 e. The van der Waals surface area contributed by atoms with E-state index in [2.05, 4.69) is 4.72 Å². The van der Waals surface area contributed by atoms with Gasteiger partial charge < -0.3 is 9.47 Å². The van der Waals surface area contributed by atoms with Gasteiger partial charge in [-0.2, -0.15) is 0 Å². The Labute approximate surface area is 161 Å². The van der Waals surface area contributed by atoms with Crippen molar-refractivity contribution in [1.82, 2.24) is 4.72 Å². The summed E-state index contributed by atoms with van der Waals surface area (Å²) < 4.78 is 40.7. The van der Waals surface area contributed by atoms with E-state index in [1.165, 1.54) is 0 Å². The molecule has 27 heavy (non-hydrogen) atoms. The van der Waals surface area contributed by atoms with Crippen LogP contribution in [0.15, 0.2) is 35.2 Å². The second-order valence-corrected chi connectivity index (χ2v) is 9.52. The van der Waals surface area contributed by atoms with Gasteiger partial charge in [-0.3, -0.25) is 0 Å². The van der Waals surface area contributed by atoms with Gasteiger partial charge in [-0.25, -0.2) is 13.1 Å². The lowest BCUT2D eigenvalue weighted by atomic mass is 9.89. The van der Waals surface area contributed by atoms with Crippen LogP contribution in [0.1, 0.15) is 48.6 Å². The fraction of sp³-hybridized carbons (Fsp3) is 0.429. The van der Waals surface area contributed by atoms with Gasteiger partial charge in [0.2, 0.25) is 10.0 Å². The van der Waals surface area contributed by atoms with E-state index in [0.29, 0.717) is 28.2 Å². The van der Waals surface area contributed by atoms with Gasteiger partial charge in [0.1, 0.15) is 17.1 Å². The maximum absolute atomic E-state index is 13.3. The van der Waals surface area contributed by atoms with Crippen molar-refractivity contribution in [3.63, 3.8) is 0 Å². The summed E-state index contributed by atoms with van der Waals surface area (Å²) in [5, 5.41) is 0. The lowest BCUT2D eigenvalue weighted by Gasteiger charge is -2.38. The van der Waals surface area contributed by atoms with E-state index in [4.69, 9.17) is 9.47 Å². The highest BCUT2D eigenvalue weighted by Crippen LogP contribution is 2.41. The predicted molar refractivity (Wildman–Crippen MR) is 106 cm³/mol. The molecule has 0 aromatic heterocycles. The summed E-state index contributed by atoms with van der Waals surface area (Å²) in [6.07, 6.45) is 0.553. The van der Waals surface area contributed by atoms with Crippen LogP contribution >= 0.6 is 0 Å². The van der Waals surface area contributed by atoms with Crippen LogP contribution in [0.3, 0.4) is 0 Å². The Bertz CT molecular complexity index is 957. The Morgan fingerprint density at radius 3 is 2.33 bits per heavy atom. The summed E-state index contributed by atoms with van der Waals surface area (Å²) in [5.74, 6) is 1.38. The Morgan fingerprint density at radius 1 is 1.11 bits per heavy atom. The first-order chi connectivity index (χ1) is 12.5. The van der Waals surface area contributed by atoms with Crippen LogP contribution < -0.4 is 14.2 Å². The number of hydrogen-bond acceptors (Lipinski definition) is 4. The van der Waals surface area contributed by atoms with Gasteiger partial charge in [-0.05, 0) is 63.9 Å². The zero-order chi connectivity index (χ0) is 20.0. The second kappa shape index (κ2) is 6.84. The van der Waals surface area contributed by atoms with Crippen molar-refractivity contribution >= 4 is 10.0 Å². The first-order valence-electron chi connectivity index (χ1n) is 8.99. The maximum atomic E-state index is 13.3. The number of methoxy groups -OCH3 is 1. The highest BCUT2D eigenvalue weighted by atomic mass is 32.2. The van der Waals surface area contributed by atoms with Gasteiger partial charge >= 0.3 is 0 Å². The Kier molecular flexibility index (Phi) is 4.99. The van der Waals surface area contributed by atoms with Crippen LogP contribution in [-0.2, 0) is 10.0 Å². The number of aryl methyl sites for hydroxylation is 3. The molecule has 1 N–H and O–H groups in total. The number of fused-ring (bicyclic) bond motifs is 1. The number of benzene rings is 2. The van der Waals surface area contributed by atoms with Gasteiger partial charge in [-0.1, -0.05) is 17.7 Å². The van der Waals surface area contributed by atoms with Crippen molar-refractivity contribution in [3.05, 3.63) is 52.6 Å². The molecule has 0 aliphatic carbocycles. The van der Waals surface area contributed by atoms with E-state index in [9.17, 15) is 8.42 Å². The van der Waals surface area contributed by atoms with Crippen molar-refractivity contribution in [2.45, 2.75) is 57.6 Å². The predicted octanol–water partition coefficient (Wildman–Crippen LogP) is 4.20. The number of sulfonamides is 1. The molecule has 2 aromatic rings. The third-order valence-corrected chi connectivity index (χ3v) is 6.63. The van der Waals surface area contributed by atoms with Crippen LogP contribution in [0.4, 0.5) is 0 Å². The Morgan fingerprint density at radius 2 is 1.74 bits per heavy atom. The van der Waals surface area contributed by atoms with Crippen molar-refractivity contribution in [3.8, 4) is 11.5 Å². The molecule has 6 heteroatoms. The number of hydrogen-bond donors (Lipinski definition) is 1. The van der Waals surface area contributed by atoms with Crippen LogP contribution in [0.25, 0.3) is 0 Å². The molecule has 1 aliphatic rings. The maximum Gasteiger partial charge on any atom is 0.241 e. The van der Waals surface area contributed by atoms with Gasteiger partial charge in [0.05, 0.1) is 18.0 Å². The number of rotatable bonds is 4. The zero-order valence-electron chi connectivity index (χ0n) is 16.7. The monoisotopic (exact) mass is 389 g/mol. The summed E-state index contributed by atoms with van der Waals surface area (Å²) in [5.41, 5.74) is 2.81. The van der Waals surface area contributed by atoms with E-state index in [1.54, 1.807) is 33.1 Å². The quantitative estimate of drug-likeness (QED) is 0.851. The summed E-state index contributed by atoms with van der Waals surface area (Å²) in [6, 6.07) is 9.02. The fourth-order valence-corrected chi connectivity index (χ4v) is 5.45. The van der Waals surface area contributed by atoms with E-state index in [1.807, 2.05) is 39.0 Å². The third kappa shape index (κ3) is 3.96. The normalized spacial score (nSPS) is 18.5. The average molecular weight is 390 g/mol. The molecule has 1 heterocycles. The second-order valence-electron chi connectivity index (χ2n) is 7.87. The standard InChI is InChI=1S/C21H27NO4S/c1-13-7-8-19-17(9-13)18(12-21(4,5)26-19)22-27(23,24)20-14(2)10-16(25-6)11-15(20)3/h7-11,18,22H,12H2,1-6H3/t18-/m1/s1. The molecular weight excluding hydrogens is 362 g/mol. The van der Waals surface area contributed by atoms with Crippen molar-refractivity contribution < 1.29 is 17.9 Å². The van der Waals surface area contributed by atoms with Crippen LogP contribution in [0.5, 0.6) is 11.5 Å². The van der Waals surface area contributed by atoms with E-state index in [0.717, 1.165) is 16.9 Å². The highest BCUT2D eigenvalue weighted by molar-refractivity contribution is 7.89. The van der Waals surface area contributed by atoms with Crippen LogP contribution in [0.2, 0.25) is 0 Å². The van der Waals surface area contributed by atoms with Gasteiger partial charge in [0.15, 0.2) is 0 Å². The molecule has 0 saturated heterocycles. The zero-order valence-corrected chi connectivity index (χ0v) is 17.5. The summed E-state index contributed by atoms with van der Waals surface area (Å²) in [4.78, 5) is 0.307. The lowest BCUT2D eigenvalue weighted by Crippen LogP contribution is -2.41. The number of nitrogens with one attached hydrogen (secondary N) is 1. The molecule has 0 spiro atoms. The minimum Gasteiger partial charge on any atom is -0.497 e. The molecule has 0 radical (unpaired) electrons. The topological polar surface area (TPSA) is 64.6 Å². The Balaban J connectivity index is 2.03. The highest BCUT2D eigenvalue weighted by Gasteiger charge is 2.36. The van der Waals surface area contributed by atoms with Gasteiger partial charge in [0, 0.05) is 12.0 Å². The minimum absolute atomic E-state index is 0.307. The smallest absolute Gasteiger partial charge is 0.241 e. The van der Waals surface area contributed by atoms with E-state index in [-0.39, 0.29) is 6.04 Å². The fourth-order valence-electron chi connectivity index (χ4n) is 3.78. The van der Waals surface area contributed by atoms with Crippen molar-refractivity contribution in [1.29, 1.82) is 0 Å². The average Bonchev–Trinajstić information content (AvgIpc) is 2.53. The van der Waals surface area contributed by atoms with Crippen LogP contribution in [0, 0.1) is 20.8 Å². The first kappa shape index (κ1) is 19.7. The molecule has 2 aromatic carbocycles. The molecular formula is C21H27NO4S. The molecule has 1 aliphatic heterocycles.